The Morgan fingerprint density at radius 2 is 1.67 bits per heavy atom. The van der Waals surface area contributed by atoms with E-state index in [1.54, 1.807) is 0 Å². The van der Waals surface area contributed by atoms with Crippen molar-refractivity contribution in [1.82, 2.24) is 0 Å². The minimum atomic E-state index is -0.0414. The number of aliphatic hydroxyl groups is 1. The average Bonchev–Trinajstić information content (AvgIpc) is 2.70. The van der Waals surface area contributed by atoms with Crippen molar-refractivity contribution in [3.63, 3.8) is 0 Å². The predicted octanol–water partition coefficient (Wildman–Crippen LogP) is 5.03. The van der Waals surface area contributed by atoms with Crippen LogP contribution in [0.3, 0.4) is 0 Å². The second-order valence-electron chi connectivity index (χ2n) is 9.61. The summed E-state index contributed by atoms with van der Waals surface area (Å²) in [6.45, 7) is 7.35. The largest absolute Gasteiger partial charge is 0.392 e. The molecule has 0 saturated heterocycles. The van der Waals surface area contributed by atoms with Gasteiger partial charge in [0.05, 0.1) is 6.10 Å². The number of rotatable bonds is 0. The van der Waals surface area contributed by atoms with Crippen LogP contribution >= 0.6 is 0 Å². The van der Waals surface area contributed by atoms with Gasteiger partial charge in [-0.05, 0) is 85.4 Å². The summed E-state index contributed by atoms with van der Waals surface area (Å²) in [7, 11) is 0. The third kappa shape index (κ3) is 1.85. The van der Waals surface area contributed by atoms with Gasteiger partial charge < -0.3 is 5.11 Å². The van der Waals surface area contributed by atoms with Gasteiger partial charge >= 0.3 is 0 Å². The van der Waals surface area contributed by atoms with Crippen LogP contribution in [0.25, 0.3) is 0 Å². The fraction of sp³-hybridized carbons (Fsp3) is 1.00. The van der Waals surface area contributed by atoms with Gasteiger partial charge in [0.25, 0.3) is 0 Å². The Labute approximate surface area is 130 Å². The van der Waals surface area contributed by atoms with Crippen LogP contribution in [-0.4, -0.2) is 11.2 Å². The predicted molar refractivity (Wildman–Crippen MR) is 86.9 cm³/mol. The van der Waals surface area contributed by atoms with Crippen molar-refractivity contribution in [3.05, 3.63) is 0 Å². The van der Waals surface area contributed by atoms with Gasteiger partial charge in [0.15, 0.2) is 0 Å². The van der Waals surface area contributed by atoms with Crippen molar-refractivity contribution in [2.75, 3.05) is 0 Å². The fourth-order valence-electron chi connectivity index (χ4n) is 7.63. The molecule has 0 bridgehead atoms. The molecule has 0 spiro atoms. The standard InChI is InChI=1S/C20H34O/c1-13-12-17-15-8-7-14-6-4-5-10-19(14,2)16(15)9-11-20(17,3)18(13)21/h13-18,21H,4-12H2,1-3H3/t13-,14+,15+,16-,17-,18-,19-,20-/m0/s1. The first-order valence-electron chi connectivity index (χ1n) is 9.65. The van der Waals surface area contributed by atoms with Crippen LogP contribution < -0.4 is 0 Å². The Bertz CT molecular complexity index is 418. The normalized spacial score (nSPS) is 60.0. The Hall–Kier alpha value is -0.0400. The lowest BCUT2D eigenvalue weighted by molar-refractivity contribution is -0.121. The zero-order chi connectivity index (χ0) is 14.8. The molecule has 8 atom stereocenters. The van der Waals surface area contributed by atoms with Gasteiger partial charge in [-0.1, -0.05) is 33.6 Å². The molecule has 4 aliphatic rings. The number of aliphatic hydroxyl groups excluding tert-OH is 1. The summed E-state index contributed by atoms with van der Waals surface area (Å²) in [5, 5.41) is 10.7. The van der Waals surface area contributed by atoms with Gasteiger partial charge in [0.2, 0.25) is 0 Å². The minimum absolute atomic E-state index is 0.0414. The molecule has 0 amide bonds. The molecule has 0 aromatic heterocycles. The Kier molecular flexibility index (Phi) is 3.27. The lowest BCUT2D eigenvalue weighted by Crippen LogP contribution is -2.53. The smallest absolute Gasteiger partial charge is 0.0622 e. The summed E-state index contributed by atoms with van der Waals surface area (Å²) in [5.41, 5.74) is 0.873. The lowest BCUT2D eigenvalue weighted by Gasteiger charge is -2.60. The van der Waals surface area contributed by atoms with E-state index in [4.69, 9.17) is 0 Å². The summed E-state index contributed by atoms with van der Waals surface area (Å²) in [6.07, 6.45) is 12.8. The maximum Gasteiger partial charge on any atom is 0.0622 e. The van der Waals surface area contributed by atoms with Crippen molar-refractivity contribution < 1.29 is 5.11 Å². The molecule has 1 heteroatoms. The van der Waals surface area contributed by atoms with E-state index in [2.05, 4.69) is 20.8 Å². The van der Waals surface area contributed by atoms with Crippen LogP contribution in [0.15, 0.2) is 0 Å². The average molecular weight is 290 g/mol. The molecule has 120 valence electrons. The van der Waals surface area contributed by atoms with Crippen LogP contribution in [-0.2, 0) is 0 Å². The zero-order valence-corrected chi connectivity index (χ0v) is 14.3. The molecular formula is C20H34O. The first kappa shape index (κ1) is 14.5. The molecule has 21 heavy (non-hydrogen) atoms. The first-order valence-corrected chi connectivity index (χ1v) is 9.65. The Balaban J connectivity index is 1.65. The molecule has 0 unspecified atom stereocenters. The maximum atomic E-state index is 10.7. The third-order valence-corrected chi connectivity index (χ3v) is 8.86. The highest BCUT2D eigenvalue weighted by Gasteiger charge is 2.60. The Morgan fingerprint density at radius 1 is 0.857 bits per heavy atom. The highest BCUT2D eigenvalue weighted by molar-refractivity contribution is 5.10. The molecular weight excluding hydrogens is 256 g/mol. The second-order valence-corrected chi connectivity index (χ2v) is 9.61. The summed E-state index contributed by atoms with van der Waals surface area (Å²) in [5.74, 6) is 4.23. The molecule has 0 radical (unpaired) electrons. The van der Waals surface area contributed by atoms with Crippen LogP contribution in [0.2, 0.25) is 0 Å². The Morgan fingerprint density at radius 3 is 2.48 bits per heavy atom. The van der Waals surface area contributed by atoms with Crippen molar-refractivity contribution >= 4 is 0 Å². The van der Waals surface area contributed by atoms with E-state index in [-0.39, 0.29) is 11.5 Å². The summed E-state index contributed by atoms with van der Waals surface area (Å²) in [6, 6.07) is 0. The van der Waals surface area contributed by atoms with Gasteiger partial charge in [-0.15, -0.1) is 0 Å². The topological polar surface area (TPSA) is 20.2 Å². The summed E-state index contributed by atoms with van der Waals surface area (Å²) < 4.78 is 0. The van der Waals surface area contributed by atoms with E-state index in [9.17, 15) is 5.11 Å². The van der Waals surface area contributed by atoms with Crippen molar-refractivity contribution in [1.29, 1.82) is 0 Å². The van der Waals surface area contributed by atoms with Crippen molar-refractivity contribution in [2.24, 2.45) is 40.4 Å². The molecule has 4 saturated carbocycles. The minimum Gasteiger partial charge on any atom is -0.392 e. The van der Waals surface area contributed by atoms with Gasteiger partial charge in [-0.25, -0.2) is 0 Å². The van der Waals surface area contributed by atoms with Gasteiger partial charge in [0, 0.05) is 0 Å². The third-order valence-electron chi connectivity index (χ3n) is 8.86. The molecule has 1 nitrogen and oxygen atoms in total. The molecule has 4 rings (SSSR count). The molecule has 0 aromatic carbocycles. The number of hydrogen-bond acceptors (Lipinski definition) is 1. The lowest BCUT2D eigenvalue weighted by atomic mass is 9.45. The molecule has 1 N–H and O–H groups in total. The SMILES string of the molecule is C[C@H]1C[C@H]2[C@@H]3CC[C@H]4CCCC[C@]4(C)[C@H]3CC[C@]2(C)[C@H]1O. The van der Waals surface area contributed by atoms with E-state index in [0.717, 1.165) is 23.7 Å². The van der Waals surface area contributed by atoms with Gasteiger partial charge in [0.1, 0.15) is 0 Å². The van der Waals surface area contributed by atoms with Gasteiger partial charge in [-0.2, -0.15) is 0 Å². The first-order chi connectivity index (χ1) is 9.97. The monoisotopic (exact) mass is 290 g/mol. The number of fused-ring (bicyclic) bond motifs is 5. The van der Waals surface area contributed by atoms with Crippen LogP contribution in [0.4, 0.5) is 0 Å². The van der Waals surface area contributed by atoms with Crippen LogP contribution in [0.1, 0.15) is 78.6 Å². The van der Waals surface area contributed by atoms with E-state index in [0.29, 0.717) is 11.3 Å². The molecule has 4 aliphatic carbocycles. The van der Waals surface area contributed by atoms with E-state index in [1.807, 2.05) is 0 Å². The molecule has 0 aliphatic heterocycles. The second kappa shape index (κ2) is 4.73. The maximum absolute atomic E-state index is 10.7. The van der Waals surface area contributed by atoms with E-state index < -0.39 is 0 Å². The van der Waals surface area contributed by atoms with Crippen molar-refractivity contribution in [3.8, 4) is 0 Å². The molecule has 0 aromatic rings. The van der Waals surface area contributed by atoms with E-state index in [1.165, 1.54) is 57.8 Å². The zero-order valence-electron chi connectivity index (χ0n) is 14.3. The molecule has 0 heterocycles. The van der Waals surface area contributed by atoms with E-state index >= 15 is 0 Å². The van der Waals surface area contributed by atoms with Crippen LogP contribution in [0, 0.1) is 40.4 Å². The van der Waals surface area contributed by atoms with Gasteiger partial charge in [-0.3, -0.25) is 0 Å². The summed E-state index contributed by atoms with van der Waals surface area (Å²) in [4.78, 5) is 0. The van der Waals surface area contributed by atoms with Crippen molar-refractivity contribution in [2.45, 2.75) is 84.7 Å². The highest BCUT2D eigenvalue weighted by Crippen LogP contribution is 2.66. The molecule has 4 fully saturated rings. The highest BCUT2D eigenvalue weighted by atomic mass is 16.3. The number of hydrogen-bond donors (Lipinski definition) is 1. The van der Waals surface area contributed by atoms with Crippen LogP contribution in [0.5, 0.6) is 0 Å². The quantitative estimate of drug-likeness (QED) is 0.663. The summed E-state index contributed by atoms with van der Waals surface area (Å²) >= 11 is 0. The fourth-order valence-corrected chi connectivity index (χ4v) is 7.63.